The maximum atomic E-state index is 12.6. The van der Waals surface area contributed by atoms with Crippen molar-refractivity contribution in [3.63, 3.8) is 0 Å². The Kier molecular flexibility index (Phi) is 5.16. The van der Waals surface area contributed by atoms with Crippen molar-refractivity contribution >= 4 is 23.1 Å². The van der Waals surface area contributed by atoms with Gasteiger partial charge in [-0.1, -0.05) is 18.2 Å². The zero-order chi connectivity index (χ0) is 17.0. The molecule has 0 bridgehead atoms. The van der Waals surface area contributed by atoms with E-state index in [1.54, 1.807) is 0 Å². The fourth-order valence-corrected chi connectivity index (χ4v) is 2.52. The zero-order valence-corrected chi connectivity index (χ0v) is 14.0. The molecule has 0 saturated carbocycles. The van der Waals surface area contributed by atoms with Crippen molar-refractivity contribution in [2.24, 2.45) is 0 Å². The van der Waals surface area contributed by atoms with Crippen molar-refractivity contribution < 1.29 is 9.59 Å². The van der Waals surface area contributed by atoms with Crippen LogP contribution in [0.2, 0.25) is 0 Å². The van der Waals surface area contributed by atoms with Gasteiger partial charge in [-0.05, 0) is 49.2 Å². The van der Waals surface area contributed by atoms with Crippen molar-refractivity contribution in [2.45, 2.75) is 20.8 Å². The van der Waals surface area contributed by atoms with E-state index >= 15 is 0 Å². The summed E-state index contributed by atoms with van der Waals surface area (Å²) in [6, 6.07) is 13.5. The van der Waals surface area contributed by atoms with Gasteiger partial charge in [-0.15, -0.1) is 0 Å². The van der Waals surface area contributed by atoms with Gasteiger partial charge < -0.3 is 10.2 Å². The van der Waals surface area contributed by atoms with Gasteiger partial charge >= 0.3 is 0 Å². The van der Waals surface area contributed by atoms with Gasteiger partial charge in [0.1, 0.15) is 0 Å². The highest BCUT2D eigenvalue weighted by atomic mass is 16.1. The van der Waals surface area contributed by atoms with Crippen LogP contribution >= 0.6 is 0 Å². The third-order valence-electron chi connectivity index (χ3n) is 3.76. The van der Waals surface area contributed by atoms with Gasteiger partial charge in [0.2, 0.25) is 5.91 Å². The van der Waals surface area contributed by atoms with Crippen molar-refractivity contribution in [2.75, 3.05) is 23.8 Å². The maximum Gasteiger partial charge on any atom is 0.221 e. The summed E-state index contributed by atoms with van der Waals surface area (Å²) in [6.45, 7) is 5.56. The second kappa shape index (κ2) is 7.09. The maximum absolute atomic E-state index is 12.6. The third-order valence-corrected chi connectivity index (χ3v) is 3.76. The summed E-state index contributed by atoms with van der Waals surface area (Å²) in [6.07, 6.45) is 0. The van der Waals surface area contributed by atoms with E-state index in [0.29, 0.717) is 12.1 Å². The van der Waals surface area contributed by atoms with Crippen LogP contribution in [-0.4, -0.2) is 25.3 Å². The Balaban J connectivity index is 2.19. The number of carbonyl (C=O) groups excluding carboxylic acids is 2. The first-order chi connectivity index (χ1) is 10.9. The number of nitrogens with zero attached hydrogens (tertiary/aromatic N) is 1. The fourth-order valence-electron chi connectivity index (χ4n) is 2.52. The highest BCUT2D eigenvalue weighted by molar-refractivity contribution is 6.01. The second-order valence-corrected chi connectivity index (χ2v) is 5.78. The van der Waals surface area contributed by atoms with Crippen molar-refractivity contribution in [1.82, 2.24) is 0 Å². The number of ketones is 1. The summed E-state index contributed by atoms with van der Waals surface area (Å²) in [5.74, 6) is -0.0540. The average Bonchev–Trinajstić information content (AvgIpc) is 2.50. The highest BCUT2D eigenvalue weighted by Gasteiger charge is 2.14. The van der Waals surface area contributed by atoms with E-state index in [2.05, 4.69) is 5.32 Å². The predicted molar refractivity (Wildman–Crippen MR) is 94.3 cm³/mol. The Labute approximate surface area is 137 Å². The first-order valence-corrected chi connectivity index (χ1v) is 7.56. The Morgan fingerprint density at radius 1 is 1.04 bits per heavy atom. The minimum atomic E-state index is -0.115. The lowest BCUT2D eigenvalue weighted by atomic mass is 10.00. The van der Waals surface area contributed by atoms with Gasteiger partial charge in [0.25, 0.3) is 0 Å². The largest absolute Gasteiger partial charge is 0.367 e. The zero-order valence-electron chi connectivity index (χ0n) is 14.0. The van der Waals surface area contributed by atoms with Gasteiger partial charge in [-0.3, -0.25) is 9.59 Å². The third kappa shape index (κ3) is 4.19. The van der Waals surface area contributed by atoms with E-state index in [1.807, 2.05) is 68.3 Å². The lowest BCUT2D eigenvalue weighted by molar-refractivity contribution is -0.114. The molecular weight excluding hydrogens is 288 g/mol. The normalized spacial score (nSPS) is 10.3. The molecule has 0 spiro atoms. The summed E-state index contributed by atoms with van der Waals surface area (Å²) < 4.78 is 0. The molecule has 0 atom stereocenters. The molecule has 2 aromatic carbocycles. The number of amides is 1. The van der Waals surface area contributed by atoms with Crippen LogP contribution in [0.15, 0.2) is 42.5 Å². The van der Waals surface area contributed by atoms with Gasteiger partial charge in [0, 0.05) is 30.9 Å². The van der Waals surface area contributed by atoms with Crippen LogP contribution in [0.5, 0.6) is 0 Å². The van der Waals surface area contributed by atoms with E-state index in [0.717, 1.165) is 22.5 Å². The molecule has 0 aliphatic heterocycles. The predicted octanol–water partition coefficient (Wildman–Crippen LogP) is 3.58. The van der Waals surface area contributed by atoms with Gasteiger partial charge in [0.05, 0.1) is 6.54 Å². The topological polar surface area (TPSA) is 49.4 Å². The summed E-state index contributed by atoms with van der Waals surface area (Å²) in [4.78, 5) is 25.7. The number of Topliss-reactive ketones (excluding diaryl/α,β-unsaturated/α-hetero) is 1. The Morgan fingerprint density at radius 3 is 2.30 bits per heavy atom. The number of likely N-dealkylation sites (N-methyl/N-ethyl adjacent to an activating group) is 1. The van der Waals surface area contributed by atoms with Crippen LogP contribution in [0.1, 0.15) is 28.4 Å². The molecule has 0 heterocycles. The van der Waals surface area contributed by atoms with Crippen LogP contribution in [0.4, 0.5) is 11.4 Å². The van der Waals surface area contributed by atoms with Gasteiger partial charge in [-0.2, -0.15) is 0 Å². The molecule has 1 amide bonds. The molecule has 1 N–H and O–H groups in total. The molecule has 23 heavy (non-hydrogen) atoms. The van der Waals surface area contributed by atoms with Gasteiger partial charge in [0.15, 0.2) is 5.78 Å². The SMILES string of the molecule is CC(=O)Nc1cc(C)c(C(=O)CN(C)c2ccccc2)cc1C. The molecule has 120 valence electrons. The molecule has 0 unspecified atom stereocenters. The lowest BCUT2D eigenvalue weighted by Gasteiger charge is -2.19. The minimum Gasteiger partial charge on any atom is -0.367 e. The van der Waals surface area contributed by atoms with E-state index in [9.17, 15) is 9.59 Å². The Hall–Kier alpha value is -2.62. The summed E-state index contributed by atoms with van der Waals surface area (Å²) in [5, 5.41) is 2.79. The molecule has 0 saturated heterocycles. The Bertz CT molecular complexity index is 724. The molecule has 0 fully saturated rings. The molecule has 2 aromatic rings. The van der Waals surface area contributed by atoms with E-state index in [1.165, 1.54) is 6.92 Å². The molecule has 4 heteroatoms. The number of carbonyl (C=O) groups is 2. The highest BCUT2D eigenvalue weighted by Crippen LogP contribution is 2.22. The number of benzene rings is 2. The number of aryl methyl sites for hydroxylation is 2. The quantitative estimate of drug-likeness (QED) is 0.859. The lowest BCUT2D eigenvalue weighted by Crippen LogP contribution is -2.26. The number of para-hydroxylation sites is 1. The molecule has 0 aliphatic carbocycles. The number of nitrogens with one attached hydrogen (secondary N) is 1. The standard InChI is InChI=1S/C19H22N2O2/c1-13-11-18(20-15(3)22)14(2)10-17(13)19(23)12-21(4)16-8-6-5-7-9-16/h5-11H,12H2,1-4H3,(H,20,22). The number of rotatable bonds is 5. The molecule has 4 nitrogen and oxygen atoms in total. The average molecular weight is 310 g/mol. The Morgan fingerprint density at radius 2 is 1.70 bits per heavy atom. The smallest absolute Gasteiger partial charge is 0.221 e. The van der Waals surface area contributed by atoms with Crippen molar-refractivity contribution in [3.05, 3.63) is 59.2 Å². The van der Waals surface area contributed by atoms with Crippen LogP contribution in [0.3, 0.4) is 0 Å². The van der Waals surface area contributed by atoms with Crippen LogP contribution < -0.4 is 10.2 Å². The van der Waals surface area contributed by atoms with Crippen molar-refractivity contribution in [3.8, 4) is 0 Å². The monoisotopic (exact) mass is 310 g/mol. The van der Waals surface area contributed by atoms with E-state index in [-0.39, 0.29) is 11.7 Å². The molecule has 0 aliphatic rings. The summed E-state index contributed by atoms with van der Waals surface area (Å²) in [5.41, 5.74) is 4.20. The van der Waals surface area contributed by atoms with Crippen LogP contribution in [0.25, 0.3) is 0 Å². The number of anilines is 2. The summed E-state index contributed by atoms with van der Waals surface area (Å²) >= 11 is 0. The first-order valence-electron chi connectivity index (χ1n) is 7.56. The first kappa shape index (κ1) is 16.7. The molecular formula is C19H22N2O2. The number of hydrogen-bond donors (Lipinski definition) is 1. The van der Waals surface area contributed by atoms with Crippen LogP contribution in [-0.2, 0) is 4.79 Å². The molecule has 2 rings (SSSR count). The van der Waals surface area contributed by atoms with E-state index in [4.69, 9.17) is 0 Å². The van der Waals surface area contributed by atoms with E-state index < -0.39 is 0 Å². The fraction of sp³-hybridized carbons (Fsp3) is 0.263. The minimum absolute atomic E-state index is 0.0614. The van der Waals surface area contributed by atoms with Crippen molar-refractivity contribution in [1.29, 1.82) is 0 Å². The second-order valence-electron chi connectivity index (χ2n) is 5.78. The number of hydrogen-bond acceptors (Lipinski definition) is 3. The molecule has 0 aromatic heterocycles. The molecule has 0 radical (unpaired) electrons. The summed E-state index contributed by atoms with van der Waals surface area (Å²) in [7, 11) is 1.90. The van der Waals surface area contributed by atoms with Crippen LogP contribution in [0, 0.1) is 13.8 Å². The van der Waals surface area contributed by atoms with Gasteiger partial charge in [-0.25, -0.2) is 0 Å².